The lowest BCUT2D eigenvalue weighted by Crippen LogP contribution is -2.62. The van der Waals surface area contributed by atoms with Gasteiger partial charge in [0.15, 0.2) is 0 Å². The summed E-state index contributed by atoms with van der Waals surface area (Å²) in [7, 11) is 0. The van der Waals surface area contributed by atoms with E-state index in [1.807, 2.05) is 6.08 Å². The maximum atomic E-state index is 14.2. The molecule has 6 unspecified atom stereocenters. The SMILES string of the molecule is CC(=O)CCC1C(=O)NC(C(C)C)C(=O)NC(Cc2ccc(C)c(O)c2)C(=O)N2CCCC(N2)C(=O)O[C@H](/C(C)=C/C=O)C/C=C/C=C/CC(C)C1O. The number of phenolic OH excluding ortho intramolecular Hbond substituents is 1. The number of Topliss-reactive ketones (excluding diaryl/α,β-unsaturated/α-hetero) is 1. The number of esters is 1. The van der Waals surface area contributed by atoms with E-state index in [2.05, 4.69) is 16.1 Å². The second-order valence-electron chi connectivity index (χ2n) is 14.5. The van der Waals surface area contributed by atoms with Crippen LogP contribution in [0, 0.1) is 24.7 Å². The van der Waals surface area contributed by atoms with Gasteiger partial charge < -0.3 is 30.4 Å². The number of aromatic hydroxyl groups is 1. The van der Waals surface area contributed by atoms with E-state index in [1.165, 1.54) is 24.1 Å². The molecule has 1 aromatic rings. The number of ketones is 1. The first-order valence-corrected chi connectivity index (χ1v) is 18.4. The number of nitrogens with one attached hydrogen (secondary N) is 3. The van der Waals surface area contributed by atoms with Gasteiger partial charge in [-0.3, -0.25) is 29.0 Å². The summed E-state index contributed by atoms with van der Waals surface area (Å²) in [5.41, 5.74) is 4.71. The molecule has 3 amide bonds. The van der Waals surface area contributed by atoms with E-state index in [0.717, 1.165) is 0 Å². The second-order valence-corrected chi connectivity index (χ2v) is 14.5. The van der Waals surface area contributed by atoms with Crippen molar-refractivity contribution in [2.24, 2.45) is 17.8 Å². The van der Waals surface area contributed by atoms with Crippen LogP contribution in [-0.2, 0) is 39.9 Å². The van der Waals surface area contributed by atoms with E-state index in [9.17, 15) is 39.0 Å². The molecule has 2 aliphatic heterocycles. The normalized spacial score (nSPS) is 28.5. The lowest BCUT2D eigenvalue weighted by atomic mass is 9.85. The van der Waals surface area contributed by atoms with Gasteiger partial charge in [-0.15, -0.1) is 0 Å². The van der Waals surface area contributed by atoms with Crippen molar-refractivity contribution in [3.8, 4) is 5.75 Å². The number of hydrazine groups is 1. The number of aryl methyl sites for hydroxylation is 1. The molecule has 1 fully saturated rings. The zero-order valence-corrected chi connectivity index (χ0v) is 31.7. The third-order valence-corrected chi connectivity index (χ3v) is 9.79. The van der Waals surface area contributed by atoms with Crippen LogP contribution in [0.2, 0.25) is 0 Å². The molecule has 7 atom stereocenters. The molecule has 0 radical (unpaired) electrons. The van der Waals surface area contributed by atoms with Crippen LogP contribution < -0.4 is 16.1 Å². The number of hydrogen-bond donors (Lipinski definition) is 5. The molecule has 13 nitrogen and oxygen atoms in total. The van der Waals surface area contributed by atoms with Gasteiger partial charge in [-0.25, -0.2) is 5.43 Å². The van der Waals surface area contributed by atoms with Crippen LogP contribution >= 0.6 is 0 Å². The number of ether oxygens (including phenoxy) is 1. The fourth-order valence-electron chi connectivity index (χ4n) is 6.35. The van der Waals surface area contributed by atoms with Crippen LogP contribution in [0.3, 0.4) is 0 Å². The van der Waals surface area contributed by atoms with Crippen molar-refractivity contribution in [2.45, 2.75) is 117 Å². The number of amides is 3. The second kappa shape index (κ2) is 20.6. The van der Waals surface area contributed by atoms with Gasteiger partial charge >= 0.3 is 5.97 Å². The summed E-state index contributed by atoms with van der Waals surface area (Å²) >= 11 is 0. The predicted molar refractivity (Wildman–Crippen MR) is 199 cm³/mol. The molecule has 290 valence electrons. The molecular weight excluding hydrogens is 680 g/mol. The molecule has 53 heavy (non-hydrogen) atoms. The number of benzene rings is 1. The van der Waals surface area contributed by atoms with Gasteiger partial charge in [0.25, 0.3) is 5.91 Å². The first-order valence-electron chi connectivity index (χ1n) is 18.4. The Morgan fingerprint density at radius 1 is 1.06 bits per heavy atom. The van der Waals surface area contributed by atoms with Gasteiger partial charge in [-0.1, -0.05) is 57.2 Å². The minimum absolute atomic E-state index is 0.0143. The van der Waals surface area contributed by atoms with Crippen LogP contribution in [0.15, 0.2) is 54.2 Å². The number of allylic oxidation sites excluding steroid dienone is 4. The number of phenols is 1. The third kappa shape index (κ3) is 12.8. The molecule has 0 spiro atoms. The average Bonchev–Trinajstić information content (AvgIpc) is 3.11. The summed E-state index contributed by atoms with van der Waals surface area (Å²) < 4.78 is 5.86. The number of rotatable bonds is 8. The minimum Gasteiger partial charge on any atom is -0.508 e. The number of nitrogens with zero attached hydrogens (tertiary/aromatic N) is 1. The molecule has 3 rings (SSSR count). The van der Waals surface area contributed by atoms with Crippen molar-refractivity contribution < 1.29 is 43.7 Å². The third-order valence-electron chi connectivity index (χ3n) is 9.79. The lowest BCUT2D eigenvalue weighted by molar-refractivity contribution is -0.156. The number of cyclic esters (lactones) is 1. The van der Waals surface area contributed by atoms with Gasteiger partial charge in [0, 0.05) is 25.8 Å². The van der Waals surface area contributed by atoms with Crippen LogP contribution in [0.4, 0.5) is 0 Å². The monoisotopic (exact) mass is 736 g/mol. The Bertz CT molecular complexity index is 1570. The smallest absolute Gasteiger partial charge is 0.325 e. The topological polar surface area (TPSA) is 191 Å². The number of carbonyl (C=O) groups excluding carboxylic acids is 6. The summed E-state index contributed by atoms with van der Waals surface area (Å²) in [5.74, 6) is -4.31. The van der Waals surface area contributed by atoms with Crippen LogP contribution in [0.5, 0.6) is 5.75 Å². The summed E-state index contributed by atoms with van der Waals surface area (Å²) in [6.07, 6.45) is 8.85. The van der Waals surface area contributed by atoms with Crippen LogP contribution in [0.1, 0.15) is 84.3 Å². The Morgan fingerprint density at radius 3 is 2.40 bits per heavy atom. The Labute approximate surface area is 312 Å². The number of hydrogen-bond acceptors (Lipinski definition) is 10. The maximum Gasteiger partial charge on any atom is 0.325 e. The minimum atomic E-state index is -1.18. The standard InChI is InChI=1S/C40H56N4O9/c1-24(2)35-38(50)41-32(22-29-17-15-25(3)33(47)23-29)39(51)44-20-11-13-31(43-44)40(52)53-34(26(4)19-21-45)14-10-8-7-9-12-27(5)36(48)30(37(49)42-35)18-16-28(6)46/h7-10,15,17,19,21,23-24,27,30-32,34-36,43,47-48H,11-14,16,18,20,22H2,1-6H3,(H,41,50)(H,42,49)/b9-7+,10-8+,26-19+/t27?,30?,31?,32?,34-,35?,36?/m0/s1. The Hall–Kier alpha value is -4.62. The van der Waals surface area contributed by atoms with Crippen molar-refractivity contribution in [3.63, 3.8) is 0 Å². The van der Waals surface area contributed by atoms with E-state index in [1.54, 1.807) is 65.0 Å². The molecule has 1 aromatic carbocycles. The first kappa shape index (κ1) is 42.8. The van der Waals surface area contributed by atoms with E-state index >= 15 is 0 Å². The summed E-state index contributed by atoms with van der Waals surface area (Å²) in [5, 5.41) is 28.7. The van der Waals surface area contributed by atoms with Crippen molar-refractivity contribution in [1.82, 2.24) is 21.1 Å². The molecule has 0 saturated carbocycles. The highest BCUT2D eigenvalue weighted by molar-refractivity contribution is 5.93. The van der Waals surface area contributed by atoms with Crippen molar-refractivity contribution in [1.29, 1.82) is 0 Å². The zero-order valence-electron chi connectivity index (χ0n) is 31.7. The molecule has 5 N–H and O–H groups in total. The van der Waals surface area contributed by atoms with Gasteiger partial charge in [-0.2, -0.15) is 0 Å². The predicted octanol–water partition coefficient (Wildman–Crippen LogP) is 3.31. The number of aldehydes is 1. The lowest BCUT2D eigenvalue weighted by Gasteiger charge is -2.36. The van der Waals surface area contributed by atoms with E-state index < -0.39 is 71.8 Å². The number of fused-ring (bicyclic) bond motifs is 2. The zero-order chi connectivity index (χ0) is 39.2. The molecule has 2 bridgehead atoms. The Kier molecular flexibility index (Phi) is 16.6. The molecule has 13 heteroatoms. The largest absolute Gasteiger partial charge is 0.508 e. The summed E-state index contributed by atoms with van der Waals surface area (Å²) in [6, 6.07) is 1.79. The quantitative estimate of drug-likeness (QED) is 0.150. The van der Waals surface area contributed by atoms with Gasteiger partial charge in [0.05, 0.1) is 12.0 Å². The summed E-state index contributed by atoms with van der Waals surface area (Å²) in [4.78, 5) is 78.7. The molecule has 0 aliphatic carbocycles. The van der Waals surface area contributed by atoms with Crippen molar-refractivity contribution in [3.05, 3.63) is 65.3 Å². The highest BCUT2D eigenvalue weighted by atomic mass is 16.5. The average molecular weight is 737 g/mol. The molecular formula is C40H56N4O9. The van der Waals surface area contributed by atoms with Crippen LogP contribution in [-0.4, -0.2) is 87.9 Å². The molecule has 2 aliphatic rings. The van der Waals surface area contributed by atoms with Crippen LogP contribution in [0.25, 0.3) is 0 Å². The van der Waals surface area contributed by atoms with E-state index in [4.69, 9.17) is 4.74 Å². The van der Waals surface area contributed by atoms with Crippen molar-refractivity contribution in [2.75, 3.05) is 6.54 Å². The van der Waals surface area contributed by atoms with Gasteiger partial charge in [0.2, 0.25) is 11.8 Å². The van der Waals surface area contributed by atoms with Crippen molar-refractivity contribution >= 4 is 35.8 Å². The fraction of sp³-hybridized carbons (Fsp3) is 0.550. The Morgan fingerprint density at radius 2 is 1.75 bits per heavy atom. The molecule has 2 heterocycles. The van der Waals surface area contributed by atoms with Gasteiger partial charge in [-0.05, 0) is 87.1 Å². The number of carbonyl (C=O) groups is 6. The first-order chi connectivity index (χ1) is 25.1. The Balaban J connectivity index is 2.05. The van der Waals surface area contributed by atoms with Gasteiger partial charge in [0.1, 0.15) is 42.0 Å². The number of aliphatic hydroxyl groups is 1. The number of aliphatic hydroxyl groups excluding tert-OH is 1. The fourth-order valence-corrected chi connectivity index (χ4v) is 6.35. The highest BCUT2D eigenvalue weighted by Gasteiger charge is 2.37. The summed E-state index contributed by atoms with van der Waals surface area (Å²) in [6.45, 7) is 10.3. The van der Waals surface area contributed by atoms with E-state index in [0.29, 0.717) is 42.2 Å². The van der Waals surface area contributed by atoms with E-state index in [-0.39, 0.29) is 43.8 Å². The molecule has 1 saturated heterocycles. The molecule has 0 aromatic heterocycles. The highest BCUT2D eigenvalue weighted by Crippen LogP contribution is 2.24. The maximum absolute atomic E-state index is 14.2.